The van der Waals surface area contributed by atoms with Crippen molar-refractivity contribution in [3.63, 3.8) is 0 Å². The highest BCUT2D eigenvalue weighted by molar-refractivity contribution is 5.31. The number of hydrogen-bond acceptors (Lipinski definition) is 2. The Morgan fingerprint density at radius 3 is 2.95 bits per heavy atom. The fourth-order valence-corrected chi connectivity index (χ4v) is 3.19. The van der Waals surface area contributed by atoms with Crippen molar-refractivity contribution in [3.05, 3.63) is 29.8 Å². The van der Waals surface area contributed by atoms with Crippen molar-refractivity contribution in [1.29, 1.82) is 0 Å². The second-order valence-corrected chi connectivity index (χ2v) is 5.51. The summed E-state index contributed by atoms with van der Waals surface area (Å²) >= 11 is 0. The molecule has 1 aromatic rings. The highest BCUT2D eigenvalue weighted by Gasteiger charge is 2.28. The molecule has 1 aliphatic rings. The average Bonchev–Trinajstić information content (AvgIpc) is 2.88. The second-order valence-electron chi connectivity index (χ2n) is 5.51. The smallest absolute Gasteiger partial charge is 0.119 e. The average molecular weight is 261 g/mol. The highest BCUT2D eigenvalue weighted by atomic mass is 16.5. The lowest BCUT2D eigenvalue weighted by atomic mass is 9.88. The quantitative estimate of drug-likeness (QED) is 0.750. The van der Waals surface area contributed by atoms with Crippen LogP contribution in [0.4, 0.5) is 0 Å². The van der Waals surface area contributed by atoms with Gasteiger partial charge in [0.05, 0.1) is 6.61 Å². The Morgan fingerprint density at radius 2 is 2.16 bits per heavy atom. The van der Waals surface area contributed by atoms with Crippen LogP contribution in [-0.4, -0.2) is 19.7 Å². The Bertz CT molecular complexity index is 377. The molecule has 106 valence electrons. The van der Waals surface area contributed by atoms with Crippen LogP contribution in [0.1, 0.15) is 51.0 Å². The normalized spacial score (nSPS) is 22.6. The summed E-state index contributed by atoms with van der Waals surface area (Å²) < 4.78 is 5.62. The molecule has 0 spiro atoms. The van der Waals surface area contributed by atoms with Crippen LogP contribution in [0, 0.1) is 5.92 Å². The largest absolute Gasteiger partial charge is 0.494 e. The summed E-state index contributed by atoms with van der Waals surface area (Å²) in [6.07, 6.45) is 5.27. The minimum absolute atomic E-state index is 0.713. The van der Waals surface area contributed by atoms with Gasteiger partial charge in [-0.3, -0.25) is 0 Å². The monoisotopic (exact) mass is 261 g/mol. The van der Waals surface area contributed by atoms with Gasteiger partial charge in [0.1, 0.15) is 5.75 Å². The van der Waals surface area contributed by atoms with Crippen molar-refractivity contribution in [3.8, 4) is 5.75 Å². The SMILES string of the molecule is CCCNCC1CCCC1c1cccc(OCC)c1. The zero-order valence-electron chi connectivity index (χ0n) is 12.3. The molecule has 1 N–H and O–H groups in total. The van der Waals surface area contributed by atoms with E-state index in [0.717, 1.165) is 31.4 Å². The van der Waals surface area contributed by atoms with Gasteiger partial charge in [0.2, 0.25) is 0 Å². The van der Waals surface area contributed by atoms with E-state index in [1.54, 1.807) is 0 Å². The minimum Gasteiger partial charge on any atom is -0.494 e. The lowest BCUT2D eigenvalue weighted by Gasteiger charge is -2.21. The first-order valence-electron chi connectivity index (χ1n) is 7.78. The summed E-state index contributed by atoms with van der Waals surface area (Å²) in [5.41, 5.74) is 1.46. The summed E-state index contributed by atoms with van der Waals surface area (Å²) in [4.78, 5) is 0. The van der Waals surface area contributed by atoms with Gasteiger partial charge in [0.25, 0.3) is 0 Å². The van der Waals surface area contributed by atoms with Crippen LogP contribution in [0.2, 0.25) is 0 Å². The van der Waals surface area contributed by atoms with Gasteiger partial charge in [0, 0.05) is 0 Å². The van der Waals surface area contributed by atoms with Crippen molar-refractivity contribution in [1.82, 2.24) is 5.32 Å². The molecule has 19 heavy (non-hydrogen) atoms. The third-order valence-electron chi connectivity index (χ3n) is 4.09. The Balaban J connectivity index is 2.00. The molecule has 1 fully saturated rings. The van der Waals surface area contributed by atoms with Crippen molar-refractivity contribution in [2.45, 2.75) is 45.4 Å². The molecular weight excluding hydrogens is 234 g/mol. The van der Waals surface area contributed by atoms with E-state index in [0.29, 0.717) is 5.92 Å². The van der Waals surface area contributed by atoms with Crippen LogP contribution in [-0.2, 0) is 0 Å². The van der Waals surface area contributed by atoms with E-state index >= 15 is 0 Å². The molecule has 0 saturated heterocycles. The first-order valence-corrected chi connectivity index (χ1v) is 7.78. The summed E-state index contributed by atoms with van der Waals surface area (Å²) in [5.74, 6) is 2.53. The van der Waals surface area contributed by atoms with Gasteiger partial charge >= 0.3 is 0 Å². The Hall–Kier alpha value is -1.02. The van der Waals surface area contributed by atoms with Gasteiger partial charge in [0.15, 0.2) is 0 Å². The van der Waals surface area contributed by atoms with E-state index < -0.39 is 0 Å². The van der Waals surface area contributed by atoms with E-state index in [2.05, 4.69) is 36.5 Å². The van der Waals surface area contributed by atoms with Crippen LogP contribution in [0.3, 0.4) is 0 Å². The molecule has 2 rings (SSSR count). The molecule has 2 unspecified atom stereocenters. The summed E-state index contributed by atoms with van der Waals surface area (Å²) in [7, 11) is 0. The molecule has 0 aliphatic heterocycles. The Kier molecular flexibility index (Phi) is 5.71. The molecule has 0 amide bonds. The van der Waals surface area contributed by atoms with Gasteiger partial charge in [-0.05, 0) is 68.8 Å². The van der Waals surface area contributed by atoms with E-state index in [9.17, 15) is 0 Å². The van der Waals surface area contributed by atoms with Crippen molar-refractivity contribution >= 4 is 0 Å². The van der Waals surface area contributed by atoms with E-state index in [1.807, 2.05) is 6.92 Å². The maximum Gasteiger partial charge on any atom is 0.119 e. The number of hydrogen-bond donors (Lipinski definition) is 1. The molecule has 2 atom stereocenters. The first kappa shape index (κ1) is 14.4. The van der Waals surface area contributed by atoms with Crippen molar-refractivity contribution in [2.24, 2.45) is 5.92 Å². The third kappa shape index (κ3) is 3.97. The second kappa shape index (κ2) is 7.54. The van der Waals surface area contributed by atoms with Crippen LogP contribution >= 0.6 is 0 Å². The molecule has 1 aliphatic carbocycles. The standard InChI is InChI=1S/C17H27NO/c1-3-11-18-13-15-8-6-10-17(15)14-7-5-9-16(12-14)19-4-2/h5,7,9,12,15,17-18H,3-4,6,8,10-11,13H2,1-2H3. The minimum atomic E-state index is 0.713. The fraction of sp³-hybridized carbons (Fsp3) is 0.647. The topological polar surface area (TPSA) is 21.3 Å². The maximum atomic E-state index is 5.62. The lowest BCUT2D eigenvalue weighted by Crippen LogP contribution is -2.25. The lowest BCUT2D eigenvalue weighted by molar-refractivity contribution is 0.339. The fourth-order valence-electron chi connectivity index (χ4n) is 3.19. The zero-order chi connectivity index (χ0) is 13.5. The molecule has 1 aromatic carbocycles. The molecule has 0 heterocycles. The third-order valence-corrected chi connectivity index (χ3v) is 4.09. The van der Waals surface area contributed by atoms with Gasteiger partial charge < -0.3 is 10.1 Å². The summed E-state index contributed by atoms with van der Waals surface area (Å²) in [6, 6.07) is 8.71. The van der Waals surface area contributed by atoms with E-state index in [-0.39, 0.29) is 0 Å². The molecule has 2 heteroatoms. The number of rotatable bonds is 7. The molecular formula is C17H27NO. The van der Waals surface area contributed by atoms with E-state index in [4.69, 9.17) is 4.74 Å². The van der Waals surface area contributed by atoms with Gasteiger partial charge in [-0.2, -0.15) is 0 Å². The maximum absolute atomic E-state index is 5.62. The number of benzene rings is 1. The molecule has 1 saturated carbocycles. The molecule has 0 aromatic heterocycles. The summed E-state index contributed by atoms with van der Waals surface area (Å²) in [6.45, 7) is 7.32. The molecule has 2 nitrogen and oxygen atoms in total. The predicted octanol–water partition coefficient (Wildman–Crippen LogP) is 3.97. The summed E-state index contributed by atoms with van der Waals surface area (Å²) in [5, 5.41) is 3.59. The van der Waals surface area contributed by atoms with Crippen LogP contribution in [0.5, 0.6) is 5.75 Å². The number of ether oxygens (including phenoxy) is 1. The van der Waals surface area contributed by atoms with Crippen LogP contribution in [0.25, 0.3) is 0 Å². The predicted molar refractivity (Wildman–Crippen MR) is 80.9 cm³/mol. The Morgan fingerprint density at radius 1 is 1.26 bits per heavy atom. The van der Waals surface area contributed by atoms with Gasteiger partial charge in [-0.1, -0.05) is 25.5 Å². The van der Waals surface area contributed by atoms with E-state index in [1.165, 1.54) is 31.2 Å². The first-order chi connectivity index (χ1) is 9.35. The van der Waals surface area contributed by atoms with Gasteiger partial charge in [-0.15, -0.1) is 0 Å². The van der Waals surface area contributed by atoms with Crippen molar-refractivity contribution < 1.29 is 4.74 Å². The Labute approximate surface area is 117 Å². The van der Waals surface area contributed by atoms with Crippen LogP contribution < -0.4 is 10.1 Å². The van der Waals surface area contributed by atoms with Gasteiger partial charge in [-0.25, -0.2) is 0 Å². The molecule has 0 bridgehead atoms. The van der Waals surface area contributed by atoms with Crippen molar-refractivity contribution in [2.75, 3.05) is 19.7 Å². The molecule has 0 radical (unpaired) electrons. The zero-order valence-corrected chi connectivity index (χ0v) is 12.3. The number of nitrogens with one attached hydrogen (secondary N) is 1. The van der Waals surface area contributed by atoms with Crippen LogP contribution in [0.15, 0.2) is 24.3 Å². The highest BCUT2D eigenvalue weighted by Crippen LogP contribution is 2.40.